The van der Waals surface area contributed by atoms with E-state index in [-0.39, 0.29) is 17.2 Å². The fourth-order valence-corrected chi connectivity index (χ4v) is 2.67. The summed E-state index contributed by atoms with van der Waals surface area (Å²) in [6, 6.07) is 0. The van der Waals surface area contributed by atoms with Crippen LogP contribution in [-0.2, 0) is 4.43 Å². The van der Waals surface area contributed by atoms with Crippen LogP contribution >= 0.6 is 0 Å². The Balaban J connectivity index is 2.58. The highest BCUT2D eigenvalue weighted by Gasteiger charge is 2.41. The van der Waals surface area contributed by atoms with Crippen molar-refractivity contribution in [1.29, 1.82) is 0 Å². The van der Waals surface area contributed by atoms with Crippen molar-refractivity contribution in [2.45, 2.75) is 51.1 Å². The quantitative estimate of drug-likeness (QED) is 0.686. The standard InChI is InChI=1S/C10H23NO2Si/c1-10(2,3)14(4,5)13-9-7-11-6-8(9)12/h8-9,11-12H,6-7H2,1-5H3. The molecule has 1 rings (SSSR count). The molecule has 1 aliphatic rings. The second kappa shape index (κ2) is 3.93. The average molecular weight is 217 g/mol. The molecule has 1 saturated heterocycles. The van der Waals surface area contributed by atoms with E-state index in [1.807, 2.05) is 0 Å². The summed E-state index contributed by atoms with van der Waals surface area (Å²) in [6.45, 7) is 12.5. The van der Waals surface area contributed by atoms with Crippen LogP contribution in [0.5, 0.6) is 0 Å². The minimum Gasteiger partial charge on any atom is -0.410 e. The van der Waals surface area contributed by atoms with E-state index in [9.17, 15) is 5.11 Å². The second-order valence-electron chi connectivity index (χ2n) is 5.64. The molecule has 0 aromatic rings. The minimum atomic E-state index is -1.71. The molecule has 14 heavy (non-hydrogen) atoms. The van der Waals surface area contributed by atoms with E-state index in [1.54, 1.807) is 0 Å². The molecule has 0 amide bonds. The predicted molar refractivity (Wildman–Crippen MR) is 60.9 cm³/mol. The first-order valence-electron chi connectivity index (χ1n) is 5.30. The van der Waals surface area contributed by atoms with Crippen molar-refractivity contribution in [3.05, 3.63) is 0 Å². The summed E-state index contributed by atoms with van der Waals surface area (Å²) in [5.41, 5.74) is 0. The molecule has 4 heteroatoms. The van der Waals surface area contributed by atoms with E-state index >= 15 is 0 Å². The second-order valence-corrected chi connectivity index (χ2v) is 10.4. The molecule has 0 saturated carbocycles. The average Bonchev–Trinajstić information content (AvgIpc) is 2.33. The lowest BCUT2D eigenvalue weighted by Crippen LogP contribution is -2.46. The monoisotopic (exact) mass is 217 g/mol. The van der Waals surface area contributed by atoms with Gasteiger partial charge >= 0.3 is 0 Å². The van der Waals surface area contributed by atoms with Gasteiger partial charge in [0, 0.05) is 13.1 Å². The highest BCUT2D eigenvalue weighted by molar-refractivity contribution is 6.74. The van der Waals surface area contributed by atoms with Crippen LogP contribution in [0.2, 0.25) is 18.1 Å². The number of β-amino-alcohol motifs (C(OH)–C–C–N with tert-alkyl or cyclic N) is 1. The van der Waals surface area contributed by atoms with Crippen molar-refractivity contribution in [2.75, 3.05) is 13.1 Å². The Morgan fingerprint density at radius 3 is 2.21 bits per heavy atom. The van der Waals surface area contributed by atoms with Gasteiger partial charge in [0.25, 0.3) is 0 Å². The molecule has 2 atom stereocenters. The van der Waals surface area contributed by atoms with E-state index < -0.39 is 8.32 Å². The number of hydrogen-bond acceptors (Lipinski definition) is 3. The van der Waals surface area contributed by atoms with E-state index in [4.69, 9.17) is 4.43 Å². The Labute approximate surface area is 88.0 Å². The SMILES string of the molecule is CC(C)(C)[Si](C)(C)OC1CNCC1O. The lowest BCUT2D eigenvalue weighted by molar-refractivity contribution is 0.0643. The molecule has 2 unspecified atom stereocenters. The molecular weight excluding hydrogens is 194 g/mol. The van der Waals surface area contributed by atoms with Gasteiger partial charge in [-0.3, -0.25) is 0 Å². The zero-order valence-corrected chi connectivity index (χ0v) is 10.9. The van der Waals surface area contributed by atoms with E-state index in [0.717, 1.165) is 6.54 Å². The predicted octanol–water partition coefficient (Wildman–Crippen LogP) is 1.34. The molecular formula is C10H23NO2Si. The van der Waals surface area contributed by atoms with Crippen molar-refractivity contribution in [1.82, 2.24) is 5.32 Å². The van der Waals surface area contributed by atoms with E-state index in [2.05, 4.69) is 39.2 Å². The molecule has 0 aliphatic carbocycles. The Morgan fingerprint density at radius 2 is 1.86 bits per heavy atom. The van der Waals surface area contributed by atoms with Crippen LogP contribution in [0, 0.1) is 0 Å². The smallest absolute Gasteiger partial charge is 0.192 e. The van der Waals surface area contributed by atoms with Gasteiger partial charge < -0.3 is 14.8 Å². The first kappa shape index (κ1) is 12.2. The summed E-state index contributed by atoms with van der Waals surface area (Å²) in [7, 11) is -1.71. The number of rotatable bonds is 2. The third-order valence-corrected chi connectivity index (χ3v) is 7.88. The summed E-state index contributed by atoms with van der Waals surface area (Å²) < 4.78 is 6.10. The lowest BCUT2D eigenvalue weighted by Gasteiger charge is -2.38. The third kappa shape index (κ3) is 2.57. The van der Waals surface area contributed by atoms with Crippen LogP contribution in [-0.4, -0.2) is 38.7 Å². The maximum absolute atomic E-state index is 9.65. The molecule has 84 valence electrons. The van der Waals surface area contributed by atoms with Gasteiger partial charge in [-0.15, -0.1) is 0 Å². The van der Waals surface area contributed by atoms with Gasteiger partial charge in [0.05, 0.1) is 12.2 Å². The topological polar surface area (TPSA) is 41.5 Å². The maximum Gasteiger partial charge on any atom is 0.192 e. The summed E-state index contributed by atoms with van der Waals surface area (Å²) in [6.07, 6.45) is -0.333. The summed E-state index contributed by atoms with van der Waals surface area (Å²) >= 11 is 0. The maximum atomic E-state index is 9.65. The molecule has 0 bridgehead atoms. The third-order valence-electron chi connectivity index (χ3n) is 3.38. The van der Waals surface area contributed by atoms with Gasteiger partial charge in [-0.05, 0) is 18.1 Å². The first-order valence-corrected chi connectivity index (χ1v) is 8.21. The van der Waals surface area contributed by atoms with Crippen molar-refractivity contribution >= 4 is 8.32 Å². The van der Waals surface area contributed by atoms with Crippen LogP contribution in [0.3, 0.4) is 0 Å². The Morgan fingerprint density at radius 1 is 1.29 bits per heavy atom. The van der Waals surface area contributed by atoms with Crippen molar-refractivity contribution < 1.29 is 9.53 Å². The summed E-state index contributed by atoms with van der Waals surface area (Å²) in [4.78, 5) is 0. The molecule has 0 spiro atoms. The Bertz CT molecular complexity index is 201. The number of nitrogens with one attached hydrogen (secondary N) is 1. The van der Waals surface area contributed by atoms with Gasteiger partial charge in [0.15, 0.2) is 8.32 Å². The lowest BCUT2D eigenvalue weighted by atomic mass is 10.2. The fourth-order valence-electron chi connectivity index (χ4n) is 1.32. The van der Waals surface area contributed by atoms with Gasteiger partial charge in [-0.25, -0.2) is 0 Å². The Hall–Kier alpha value is 0.0969. The first-order chi connectivity index (χ1) is 6.24. The zero-order valence-electron chi connectivity index (χ0n) is 9.92. The van der Waals surface area contributed by atoms with Crippen LogP contribution < -0.4 is 5.32 Å². The summed E-state index contributed by atoms with van der Waals surface area (Å²) in [5, 5.41) is 13.0. The number of aliphatic hydroxyl groups excluding tert-OH is 1. The fraction of sp³-hybridized carbons (Fsp3) is 1.00. The van der Waals surface area contributed by atoms with Crippen LogP contribution in [0.15, 0.2) is 0 Å². The highest BCUT2D eigenvalue weighted by Crippen LogP contribution is 2.37. The minimum absolute atomic E-state index is 0.00380. The zero-order chi connectivity index (χ0) is 11.0. The molecule has 0 aromatic carbocycles. The molecule has 3 nitrogen and oxygen atoms in total. The van der Waals surface area contributed by atoms with Gasteiger partial charge in [-0.1, -0.05) is 20.8 Å². The normalized spacial score (nSPS) is 29.6. The van der Waals surface area contributed by atoms with Crippen molar-refractivity contribution in [3.8, 4) is 0 Å². The van der Waals surface area contributed by atoms with Crippen LogP contribution in [0.1, 0.15) is 20.8 Å². The van der Waals surface area contributed by atoms with Gasteiger partial charge in [-0.2, -0.15) is 0 Å². The number of aliphatic hydroxyl groups is 1. The van der Waals surface area contributed by atoms with Crippen LogP contribution in [0.25, 0.3) is 0 Å². The molecule has 0 aromatic heterocycles. The highest BCUT2D eigenvalue weighted by atomic mass is 28.4. The molecule has 1 heterocycles. The molecule has 1 fully saturated rings. The molecule has 2 N–H and O–H groups in total. The molecule has 0 radical (unpaired) electrons. The van der Waals surface area contributed by atoms with Gasteiger partial charge in [0.2, 0.25) is 0 Å². The van der Waals surface area contributed by atoms with Crippen LogP contribution in [0.4, 0.5) is 0 Å². The van der Waals surface area contributed by atoms with Gasteiger partial charge in [0.1, 0.15) is 0 Å². The summed E-state index contributed by atoms with van der Waals surface area (Å²) in [5.74, 6) is 0. The molecule has 1 aliphatic heterocycles. The van der Waals surface area contributed by atoms with Crippen molar-refractivity contribution in [2.24, 2.45) is 0 Å². The van der Waals surface area contributed by atoms with Crippen molar-refractivity contribution in [3.63, 3.8) is 0 Å². The van der Waals surface area contributed by atoms with E-state index in [0.29, 0.717) is 6.54 Å². The largest absolute Gasteiger partial charge is 0.410 e. The van der Waals surface area contributed by atoms with E-state index in [1.165, 1.54) is 0 Å². The Kier molecular flexibility index (Phi) is 3.41. The number of hydrogen-bond donors (Lipinski definition) is 2.